The molecular formula is C12H10N2O4. The second-order valence-corrected chi connectivity index (χ2v) is 3.68. The van der Waals surface area contributed by atoms with E-state index in [1.54, 1.807) is 30.4 Å². The minimum Gasteiger partial charge on any atom is -0.372 e. The Morgan fingerprint density at radius 2 is 2.17 bits per heavy atom. The summed E-state index contributed by atoms with van der Waals surface area (Å²) in [5.74, 6) is -1.22. The lowest BCUT2D eigenvalue weighted by Crippen LogP contribution is -2.14. The average Bonchev–Trinajstić information content (AvgIpc) is 2.29. The minimum atomic E-state index is -0.787. The van der Waals surface area contributed by atoms with E-state index in [1.165, 1.54) is 0 Å². The lowest BCUT2D eigenvalue weighted by atomic mass is 10.1. The van der Waals surface area contributed by atoms with Crippen LogP contribution in [0.4, 0.5) is 0 Å². The molecule has 0 atom stereocenters. The highest BCUT2D eigenvalue weighted by molar-refractivity contribution is 5.80. The Morgan fingerprint density at radius 1 is 1.39 bits per heavy atom. The molecule has 0 aliphatic heterocycles. The first-order valence-electron chi connectivity index (χ1n) is 5.18. The Hall–Kier alpha value is -2.63. The number of amides is 1. The summed E-state index contributed by atoms with van der Waals surface area (Å²) >= 11 is 0. The molecule has 18 heavy (non-hydrogen) atoms. The topological polar surface area (TPSA) is 106 Å². The molecule has 1 heterocycles. The first kappa shape index (κ1) is 11.8. The van der Waals surface area contributed by atoms with Gasteiger partial charge in [-0.25, -0.2) is 9.59 Å². The first-order valence-corrected chi connectivity index (χ1v) is 5.18. The van der Waals surface area contributed by atoms with Crippen molar-refractivity contribution >= 4 is 22.9 Å². The van der Waals surface area contributed by atoms with Gasteiger partial charge in [0.15, 0.2) is 0 Å². The zero-order valence-electron chi connectivity index (χ0n) is 9.30. The van der Waals surface area contributed by atoms with E-state index in [4.69, 9.17) is 5.73 Å². The second kappa shape index (κ2) is 4.70. The number of H-pyrrole nitrogens is 1. The van der Waals surface area contributed by atoms with Crippen LogP contribution in [0.25, 0.3) is 17.0 Å². The second-order valence-electron chi connectivity index (χ2n) is 3.68. The van der Waals surface area contributed by atoms with Gasteiger partial charge in [-0.2, -0.15) is 0 Å². The molecule has 6 nitrogen and oxygen atoms in total. The molecule has 1 amide bonds. The van der Waals surface area contributed by atoms with Crippen LogP contribution in [0, 0.1) is 0 Å². The molecule has 0 radical (unpaired) electrons. The van der Waals surface area contributed by atoms with Crippen molar-refractivity contribution in [3.8, 4) is 0 Å². The maximum absolute atomic E-state index is 11.4. The molecule has 92 valence electrons. The summed E-state index contributed by atoms with van der Waals surface area (Å²) in [4.78, 5) is 35.4. The molecule has 6 heteroatoms. The van der Waals surface area contributed by atoms with E-state index in [-0.39, 0.29) is 11.8 Å². The monoisotopic (exact) mass is 246 g/mol. The third-order valence-corrected chi connectivity index (χ3v) is 2.32. The van der Waals surface area contributed by atoms with Gasteiger partial charge in [0.1, 0.15) is 0 Å². The van der Waals surface area contributed by atoms with E-state index in [9.17, 15) is 14.4 Å². The minimum absolute atomic E-state index is 0.123. The van der Waals surface area contributed by atoms with E-state index in [0.29, 0.717) is 11.1 Å². The fourth-order valence-electron chi connectivity index (χ4n) is 1.53. The number of hydrogen-bond donors (Lipinski definition) is 2. The van der Waals surface area contributed by atoms with Gasteiger partial charge in [0.25, 0.3) is 0 Å². The molecule has 1 aromatic heterocycles. The van der Waals surface area contributed by atoms with Crippen molar-refractivity contribution in [3.05, 3.63) is 50.8 Å². The molecule has 0 bridgehead atoms. The molecule has 2 aromatic rings. The Balaban J connectivity index is 2.45. The SMILES string of the molecule is NC(=O)CC=Cc1ccc2[nH]c(=O)oc(=O)c2c1. The Bertz CT molecular complexity index is 740. The number of aromatic amines is 1. The number of carbonyl (C=O) groups is 1. The summed E-state index contributed by atoms with van der Waals surface area (Å²) in [6.45, 7) is 0. The van der Waals surface area contributed by atoms with Gasteiger partial charge in [-0.3, -0.25) is 9.78 Å². The third-order valence-electron chi connectivity index (χ3n) is 2.32. The number of nitrogens with one attached hydrogen (secondary N) is 1. The molecule has 0 unspecified atom stereocenters. The van der Waals surface area contributed by atoms with Crippen molar-refractivity contribution < 1.29 is 9.21 Å². The number of fused-ring (bicyclic) bond motifs is 1. The summed E-state index contributed by atoms with van der Waals surface area (Å²) in [5.41, 5.74) is 5.41. The van der Waals surface area contributed by atoms with Crippen molar-refractivity contribution in [2.24, 2.45) is 5.73 Å². The van der Waals surface area contributed by atoms with Crippen LogP contribution in [0.5, 0.6) is 0 Å². The normalized spacial score (nSPS) is 11.1. The van der Waals surface area contributed by atoms with Gasteiger partial charge in [0.05, 0.1) is 10.9 Å². The predicted molar refractivity (Wildman–Crippen MR) is 66.0 cm³/mol. The number of rotatable bonds is 3. The number of primary amides is 1. The third kappa shape index (κ3) is 2.54. The molecule has 0 fully saturated rings. The fourth-order valence-corrected chi connectivity index (χ4v) is 1.53. The van der Waals surface area contributed by atoms with E-state index < -0.39 is 17.3 Å². The summed E-state index contributed by atoms with van der Waals surface area (Å²) in [7, 11) is 0. The first-order chi connectivity index (χ1) is 8.56. The smallest absolute Gasteiger partial charge is 0.372 e. The van der Waals surface area contributed by atoms with Crippen LogP contribution in [0.2, 0.25) is 0 Å². The zero-order chi connectivity index (χ0) is 13.1. The van der Waals surface area contributed by atoms with Crippen LogP contribution in [0.15, 0.2) is 38.3 Å². The largest absolute Gasteiger partial charge is 0.419 e. The van der Waals surface area contributed by atoms with Crippen LogP contribution in [-0.4, -0.2) is 10.9 Å². The van der Waals surface area contributed by atoms with Gasteiger partial charge in [0.2, 0.25) is 5.91 Å². The van der Waals surface area contributed by atoms with Crippen molar-refractivity contribution in [2.45, 2.75) is 6.42 Å². The average molecular weight is 246 g/mol. The van der Waals surface area contributed by atoms with Crippen LogP contribution in [0.3, 0.4) is 0 Å². The zero-order valence-corrected chi connectivity index (χ0v) is 9.30. The van der Waals surface area contributed by atoms with E-state index in [0.717, 1.165) is 0 Å². The number of carbonyl (C=O) groups excluding carboxylic acids is 1. The highest BCUT2D eigenvalue weighted by atomic mass is 16.4. The molecule has 0 spiro atoms. The van der Waals surface area contributed by atoms with Gasteiger partial charge in [-0.05, 0) is 17.7 Å². The number of aromatic nitrogens is 1. The van der Waals surface area contributed by atoms with Crippen LogP contribution >= 0.6 is 0 Å². The van der Waals surface area contributed by atoms with Crippen LogP contribution in [-0.2, 0) is 4.79 Å². The molecule has 1 aromatic carbocycles. The Kier molecular flexibility index (Phi) is 3.09. The highest BCUT2D eigenvalue weighted by Gasteiger charge is 2.02. The highest BCUT2D eigenvalue weighted by Crippen LogP contribution is 2.10. The van der Waals surface area contributed by atoms with Gasteiger partial charge in [-0.15, -0.1) is 0 Å². The molecule has 0 saturated carbocycles. The van der Waals surface area contributed by atoms with Gasteiger partial charge >= 0.3 is 11.4 Å². The maximum atomic E-state index is 11.4. The molecular weight excluding hydrogens is 236 g/mol. The number of benzene rings is 1. The van der Waals surface area contributed by atoms with Gasteiger partial charge in [0, 0.05) is 6.42 Å². The van der Waals surface area contributed by atoms with Crippen LogP contribution in [0.1, 0.15) is 12.0 Å². The van der Waals surface area contributed by atoms with E-state index in [1.807, 2.05) is 0 Å². The van der Waals surface area contributed by atoms with Gasteiger partial charge in [-0.1, -0.05) is 18.2 Å². The van der Waals surface area contributed by atoms with Crippen molar-refractivity contribution in [1.82, 2.24) is 4.98 Å². The quantitative estimate of drug-likeness (QED) is 0.815. The molecule has 0 saturated heterocycles. The van der Waals surface area contributed by atoms with Crippen molar-refractivity contribution in [3.63, 3.8) is 0 Å². The van der Waals surface area contributed by atoms with Crippen LogP contribution < -0.4 is 17.1 Å². The Morgan fingerprint density at radius 3 is 2.89 bits per heavy atom. The van der Waals surface area contributed by atoms with E-state index in [2.05, 4.69) is 9.40 Å². The lowest BCUT2D eigenvalue weighted by molar-refractivity contribution is -0.117. The molecule has 0 aliphatic rings. The number of nitrogens with two attached hydrogens (primary N) is 1. The molecule has 0 aliphatic carbocycles. The summed E-state index contributed by atoms with van der Waals surface area (Å²) < 4.78 is 4.42. The molecule has 2 rings (SSSR count). The summed E-state index contributed by atoms with van der Waals surface area (Å²) in [6.07, 6.45) is 3.38. The standard InChI is InChI=1S/C12H10N2O4/c13-10(15)3-1-2-7-4-5-9-8(6-7)11(16)18-12(17)14-9/h1-2,4-6H,3H2,(H2,13,15)(H,14,17). The van der Waals surface area contributed by atoms with E-state index >= 15 is 0 Å². The predicted octanol–water partition coefficient (Wildman–Crippen LogP) is 0.370. The number of hydrogen-bond acceptors (Lipinski definition) is 4. The maximum Gasteiger partial charge on any atom is 0.419 e. The Labute approximate surface area is 101 Å². The molecule has 3 N–H and O–H groups in total. The summed E-state index contributed by atoms with van der Waals surface area (Å²) in [5, 5.41) is 0.274. The fraction of sp³-hybridized carbons (Fsp3) is 0.0833. The summed E-state index contributed by atoms with van der Waals surface area (Å²) in [6, 6.07) is 4.86. The lowest BCUT2D eigenvalue weighted by Gasteiger charge is -1.97. The van der Waals surface area contributed by atoms with Gasteiger partial charge < -0.3 is 10.2 Å². The van der Waals surface area contributed by atoms with Crippen molar-refractivity contribution in [1.29, 1.82) is 0 Å². The van der Waals surface area contributed by atoms with Crippen molar-refractivity contribution in [2.75, 3.05) is 0 Å².